The maximum atomic E-state index is 7.04. The zero-order valence-corrected chi connectivity index (χ0v) is 33.9. The first kappa shape index (κ1) is 35.2. The van der Waals surface area contributed by atoms with Crippen LogP contribution in [0.5, 0.6) is 0 Å². The van der Waals surface area contributed by atoms with Crippen LogP contribution in [0.2, 0.25) is 0 Å². The van der Waals surface area contributed by atoms with Crippen LogP contribution in [0.1, 0.15) is 0 Å². The fourth-order valence-corrected chi connectivity index (χ4v) is 9.51. The molecule has 4 heterocycles. The summed E-state index contributed by atoms with van der Waals surface area (Å²) in [4.78, 5) is 15.1. The molecule has 0 N–H and O–H groups in total. The van der Waals surface area contributed by atoms with Crippen LogP contribution in [0.4, 0.5) is 0 Å². The van der Waals surface area contributed by atoms with E-state index in [2.05, 4.69) is 161 Å². The predicted octanol–water partition coefficient (Wildman–Crippen LogP) is 14.6. The standard InChI is InChI=1S/C57H35N5O/c1-5-16-36(17-6-1)39-28-31-49-45(34-39)42-24-13-14-26-47(42)62(49)50-27-15-25-44-52-51(63-54(44)50)33-30-43-46-35-40(29-32-48(46)61(53(43)52)41-22-11-4-12-23-41)57-59-55(37-18-7-2-8-19-37)58-56(60-57)38-20-9-3-10-21-38/h1-35H. The molecule has 0 amide bonds. The van der Waals surface area contributed by atoms with Gasteiger partial charge in [0.25, 0.3) is 0 Å². The molecule has 6 heteroatoms. The van der Waals surface area contributed by atoms with Crippen LogP contribution >= 0.6 is 0 Å². The van der Waals surface area contributed by atoms with E-state index in [1.165, 1.54) is 21.9 Å². The van der Waals surface area contributed by atoms with Crippen molar-refractivity contribution in [2.45, 2.75) is 0 Å². The highest BCUT2D eigenvalue weighted by molar-refractivity contribution is 6.25. The molecule has 4 aromatic heterocycles. The van der Waals surface area contributed by atoms with E-state index in [-0.39, 0.29) is 0 Å². The van der Waals surface area contributed by atoms with Gasteiger partial charge in [-0.3, -0.25) is 0 Å². The molecule has 13 aromatic rings. The van der Waals surface area contributed by atoms with Gasteiger partial charge in [0.2, 0.25) is 0 Å². The van der Waals surface area contributed by atoms with Gasteiger partial charge >= 0.3 is 0 Å². The Bertz CT molecular complexity index is 3830. The van der Waals surface area contributed by atoms with Gasteiger partial charge in [0.1, 0.15) is 5.58 Å². The van der Waals surface area contributed by atoms with Crippen molar-refractivity contribution in [1.82, 2.24) is 24.1 Å². The van der Waals surface area contributed by atoms with Crippen molar-refractivity contribution in [2.24, 2.45) is 0 Å². The summed E-state index contributed by atoms with van der Waals surface area (Å²) in [6.07, 6.45) is 0. The van der Waals surface area contributed by atoms with Gasteiger partial charge < -0.3 is 13.6 Å². The quantitative estimate of drug-likeness (QED) is 0.168. The lowest BCUT2D eigenvalue weighted by molar-refractivity contribution is 0.666. The normalized spacial score (nSPS) is 11.8. The summed E-state index contributed by atoms with van der Waals surface area (Å²) in [5.74, 6) is 1.88. The first-order chi connectivity index (χ1) is 31.2. The maximum Gasteiger partial charge on any atom is 0.164 e. The van der Waals surface area contributed by atoms with Crippen LogP contribution in [-0.4, -0.2) is 24.1 Å². The van der Waals surface area contributed by atoms with Crippen molar-refractivity contribution >= 4 is 65.6 Å². The summed E-state index contributed by atoms with van der Waals surface area (Å²) >= 11 is 0. The summed E-state index contributed by atoms with van der Waals surface area (Å²) in [7, 11) is 0. The highest BCUT2D eigenvalue weighted by atomic mass is 16.3. The second kappa shape index (κ2) is 14.0. The third kappa shape index (κ3) is 5.55. The molecule has 0 saturated heterocycles. The topological polar surface area (TPSA) is 61.7 Å². The van der Waals surface area contributed by atoms with Gasteiger partial charge in [-0.1, -0.05) is 146 Å². The number of furan rings is 1. The Morgan fingerprint density at radius 2 is 0.857 bits per heavy atom. The van der Waals surface area contributed by atoms with Gasteiger partial charge in [-0.2, -0.15) is 0 Å². The van der Waals surface area contributed by atoms with Crippen LogP contribution in [0.25, 0.3) is 122 Å². The van der Waals surface area contributed by atoms with Gasteiger partial charge in [0, 0.05) is 49.3 Å². The maximum absolute atomic E-state index is 7.04. The first-order valence-corrected chi connectivity index (χ1v) is 21.2. The molecule has 0 aliphatic rings. The summed E-state index contributed by atoms with van der Waals surface area (Å²) in [5.41, 5.74) is 13.3. The zero-order chi connectivity index (χ0) is 41.4. The number of aromatic nitrogens is 5. The number of fused-ring (bicyclic) bond motifs is 10. The molecular formula is C57H35N5O. The Hall–Kier alpha value is -8.61. The molecule has 0 saturated carbocycles. The minimum atomic E-state index is 0.617. The summed E-state index contributed by atoms with van der Waals surface area (Å²) < 4.78 is 11.8. The van der Waals surface area contributed by atoms with E-state index in [1.54, 1.807) is 0 Å². The molecule has 0 aliphatic heterocycles. The average molecular weight is 806 g/mol. The average Bonchev–Trinajstić information content (AvgIpc) is 4.02. The molecule has 294 valence electrons. The fraction of sp³-hybridized carbons (Fsp3) is 0. The number of hydrogen-bond acceptors (Lipinski definition) is 4. The molecule has 0 fully saturated rings. The summed E-state index contributed by atoms with van der Waals surface area (Å²) in [5, 5.41) is 6.73. The van der Waals surface area contributed by atoms with Crippen molar-refractivity contribution < 1.29 is 4.42 Å². The largest absolute Gasteiger partial charge is 0.454 e. The number of hydrogen-bond donors (Lipinski definition) is 0. The minimum Gasteiger partial charge on any atom is -0.454 e. The number of para-hydroxylation sites is 3. The van der Waals surface area contributed by atoms with Gasteiger partial charge in [-0.15, -0.1) is 0 Å². The van der Waals surface area contributed by atoms with Crippen molar-refractivity contribution in [3.63, 3.8) is 0 Å². The number of rotatable bonds is 6. The van der Waals surface area contributed by atoms with E-state index in [0.717, 1.165) is 82.8 Å². The van der Waals surface area contributed by atoms with Gasteiger partial charge in [-0.05, 0) is 77.9 Å². The monoisotopic (exact) mass is 805 g/mol. The molecule has 9 aromatic carbocycles. The van der Waals surface area contributed by atoms with Crippen molar-refractivity contribution in [2.75, 3.05) is 0 Å². The van der Waals surface area contributed by atoms with Crippen LogP contribution in [0.15, 0.2) is 217 Å². The third-order valence-corrected chi connectivity index (χ3v) is 12.4. The molecule has 0 radical (unpaired) electrons. The lowest BCUT2D eigenvalue weighted by Gasteiger charge is -2.10. The Balaban J connectivity index is 1.06. The Morgan fingerprint density at radius 3 is 1.56 bits per heavy atom. The molecule has 0 bridgehead atoms. The highest BCUT2D eigenvalue weighted by Crippen LogP contribution is 2.44. The van der Waals surface area contributed by atoms with Crippen molar-refractivity contribution in [3.05, 3.63) is 212 Å². The summed E-state index contributed by atoms with van der Waals surface area (Å²) in [6, 6.07) is 74.3. The molecule has 0 atom stereocenters. The minimum absolute atomic E-state index is 0.617. The molecule has 63 heavy (non-hydrogen) atoms. The SMILES string of the molecule is c1ccc(-c2ccc3c(c2)c2ccccc2n3-c2cccc3c2oc2ccc4c5cc(-c6nc(-c7ccccc7)nc(-c7ccccc7)n6)ccc5n(-c5ccccc5)c4c23)cc1. The highest BCUT2D eigenvalue weighted by Gasteiger charge is 2.23. The molecule has 0 spiro atoms. The molecule has 13 rings (SSSR count). The van der Waals surface area contributed by atoms with E-state index in [9.17, 15) is 0 Å². The third-order valence-electron chi connectivity index (χ3n) is 12.4. The smallest absolute Gasteiger partial charge is 0.164 e. The van der Waals surface area contributed by atoms with E-state index in [0.29, 0.717) is 17.5 Å². The predicted molar refractivity (Wildman–Crippen MR) is 258 cm³/mol. The lowest BCUT2D eigenvalue weighted by Crippen LogP contribution is -2.00. The van der Waals surface area contributed by atoms with E-state index in [1.807, 2.05) is 60.7 Å². The zero-order valence-electron chi connectivity index (χ0n) is 33.9. The summed E-state index contributed by atoms with van der Waals surface area (Å²) in [6.45, 7) is 0. The van der Waals surface area contributed by atoms with E-state index < -0.39 is 0 Å². The van der Waals surface area contributed by atoms with Crippen LogP contribution < -0.4 is 0 Å². The van der Waals surface area contributed by atoms with Gasteiger partial charge in [0.15, 0.2) is 23.1 Å². The number of benzene rings is 9. The second-order valence-electron chi connectivity index (χ2n) is 16.0. The first-order valence-electron chi connectivity index (χ1n) is 21.2. The van der Waals surface area contributed by atoms with E-state index >= 15 is 0 Å². The molecular weight excluding hydrogens is 771 g/mol. The van der Waals surface area contributed by atoms with Crippen molar-refractivity contribution in [3.8, 4) is 56.7 Å². The number of nitrogens with zero attached hydrogens (tertiary/aromatic N) is 5. The molecule has 0 aliphatic carbocycles. The van der Waals surface area contributed by atoms with Crippen molar-refractivity contribution in [1.29, 1.82) is 0 Å². The van der Waals surface area contributed by atoms with Crippen LogP contribution in [0, 0.1) is 0 Å². The Kier molecular flexibility index (Phi) is 7.80. The Morgan fingerprint density at radius 1 is 0.333 bits per heavy atom. The Labute approximate surface area is 361 Å². The van der Waals surface area contributed by atoms with Crippen LogP contribution in [-0.2, 0) is 0 Å². The van der Waals surface area contributed by atoms with Gasteiger partial charge in [-0.25, -0.2) is 15.0 Å². The van der Waals surface area contributed by atoms with E-state index in [4.69, 9.17) is 19.4 Å². The van der Waals surface area contributed by atoms with Crippen LogP contribution in [0.3, 0.4) is 0 Å². The molecule has 6 nitrogen and oxygen atoms in total. The fourth-order valence-electron chi connectivity index (χ4n) is 9.51. The molecule has 0 unspecified atom stereocenters. The lowest BCUT2D eigenvalue weighted by atomic mass is 10.0. The second-order valence-corrected chi connectivity index (χ2v) is 16.0. The van der Waals surface area contributed by atoms with Gasteiger partial charge in [0.05, 0.1) is 33.1 Å².